The molecule has 0 atom stereocenters. The zero-order valence-electron chi connectivity index (χ0n) is 15.2. The van der Waals surface area contributed by atoms with Gasteiger partial charge in [0.05, 0.1) is 6.54 Å². The topological polar surface area (TPSA) is 66.0 Å². The van der Waals surface area contributed by atoms with Crippen molar-refractivity contribution in [1.82, 2.24) is 15.5 Å². The fraction of sp³-hybridized carbons (Fsp3) is 0.556. The summed E-state index contributed by atoms with van der Waals surface area (Å²) >= 11 is 0. The number of halogens is 2. The van der Waals surface area contributed by atoms with E-state index in [1.54, 1.807) is 12.1 Å². The first-order chi connectivity index (χ1) is 12.5. The lowest BCUT2D eigenvalue weighted by Gasteiger charge is -2.22. The average molecular weight is 368 g/mol. The number of guanidine groups is 1. The van der Waals surface area contributed by atoms with Gasteiger partial charge in [-0.25, -0.2) is 0 Å². The SMILES string of the molecule is CCNC(=NCCNC(=O)C1CC1)N(C)Cc1ccc(OC(F)F)cc1. The number of benzene rings is 1. The standard InChI is InChI=1S/C18H26F2N4O2/c1-3-21-18(23-11-10-22-16(25)14-6-7-14)24(2)12-13-4-8-15(9-5-13)26-17(19)20/h4-5,8-9,14,17H,3,6-7,10-12H2,1-2H3,(H,21,23)(H,22,25). The summed E-state index contributed by atoms with van der Waals surface area (Å²) in [7, 11) is 1.90. The molecule has 2 rings (SSSR count). The molecule has 8 heteroatoms. The van der Waals surface area contributed by atoms with Crippen LogP contribution in [-0.4, -0.2) is 50.1 Å². The van der Waals surface area contributed by atoms with Crippen molar-refractivity contribution in [2.45, 2.75) is 32.9 Å². The van der Waals surface area contributed by atoms with Crippen LogP contribution in [0.5, 0.6) is 5.75 Å². The van der Waals surface area contributed by atoms with Gasteiger partial charge in [0, 0.05) is 32.6 Å². The Labute approximate surface area is 152 Å². The van der Waals surface area contributed by atoms with E-state index in [4.69, 9.17) is 0 Å². The number of aliphatic imine (C=N–C) groups is 1. The van der Waals surface area contributed by atoms with E-state index >= 15 is 0 Å². The molecule has 0 heterocycles. The molecule has 6 nitrogen and oxygen atoms in total. The number of hydrogen-bond donors (Lipinski definition) is 2. The normalized spacial score (nSPS) is 14.3. The van der Waals surface area contributed by atoms with Crippen LogP contribution in [0.2, 0.25) is 0 Å². The molecule has 0 radical (unpaired) electrons. The lowest BCUT2D eigenvalue weighted by molar-refractivity contribution is -0.122. The predicted molar refractivity (Wildman–Crippen MR) is 96.3 cm³/mol. The van der Waals surface area contributed by atoms with E-state index < -0.39 is 6.61 Å². The van der Waals surface area contributed by atoms with Crippen LogP contribution in [0.3, 0.4) is 0 Å². The Morgan fingerprint density at radius 3 is 2.58 bits per heavy atom. The Morgan fingerprint density at radius 1 is 1.31 bits per heavy atom. The number of amides is 1. The summed E-state index contributed by atoms with van der Waals surface area (Å²) < 4.78 is 28.7. The molecule has 0 aliphatic heterocycles. The smallest absolute Gasteiger partial charge is 0.387 e. The van der Waals surface area contributed by atoms with E-state index in [9.17, 15) is 13.6 Å². The third kappa shape index (κ3) is 6.85. The van der Waals surface area contributed by atoms with Crippen molar-refractivity contribution in [1.29, 1.82) is 0 Å². The number of nitrogens with one attached hydrogen (secondary N) is 2. The Bertz CT molecular complexity index is 604. The van der Waals surface area contributed by atoms with Crippen LogP contribution < -0.4 is 15.4 Å². The largest absolute Gasteiger partial charge is 0.435 e. The Morgan fingerprint density at radius 2 is 2.00 bits per heavy atom. The minimum absolute atomic E-state index is 0.115. The first-order valence-corrected chi connectivity index (χ1v) is 8.80. The van der Waals surface area contributed by atoms with Gasteiger partial charge >= 0.3 is 6.61 Å². The van der Waals surface area contributed by atoms with Gasteiger partial charge < -0.3 is 20.3 Å². The fourth-order valence-electron chi connectivity index (χ4n) is 2.43. The van der Waals surface area contributed by atoms with Crippen LogP contribution in [0.4, 0.5) is 8.78 Å². The third-order valence-corrected chi connectivity index (χ3v) is 3.89. The second kappa shape index (κ2) is 9.94. The number of carbonyl (C=O) groups excluding carboxylic acids is 1. The molecule has 1 aliphatic carbocycles. The van der Waals surface area contributed by atoms with E-state index in [2.05, 4.69) is 20.4 Å². The molecule has 144 valence electrons. The number of nitrogens with zero attached hydrogens (tertiary/aromatic N) is 2. The van der Waals surface area contributed by atoms with Gasteiger partial charge in [0.2, 0.25) is 5.91 Å². The van der Waals surface area contributed by atoms with Gasteiger partial charge in [-0.15, -0.1) is 0 Å². The molecule has 0 unspecified atom stereocenters. The van der Waals surface area contributed by atoms with Gasteiger partial charge in [0.15, 0.2) is 5.96 Å². The van der Waals surface area contributed by atoms with Gasteiger partial charge in [0.1, 0.15) is 5.75 Å². The minimum atomic E-state index is -2.82. The molecule has 2 N–H and O–H groups in total. The molecule has 1 aromatic rings. The number of carbonyl (C=O) groups is 1. The lowest BCUT2D eigenvalue weighted by Crippen LogP contribution is -2.39. The second-order valence-corrected chi connectivity index (χ2v) is 6.18. The maximum atomic E-state index is 12.2. The predicted octanol–water partition coefficient (Wildman–Crippen LogP) is 2.21. The molecule has 1 aliphatic rings. The highest BCUT2D eigenvalue weighted by Crippen LogP contribution is 2.28. The van der Waals surface area contributed by atoms with Gasteiger partial charge in [0.25, 0.3) is 0 Å². The van der Waals surface area contributed by atoms with E-state index in [0.29, 0.717) is 19.6 Å². The van der Waals surface area contributed by atoms with Gasteiger partial charge in [-0.1, -0.05) is 12.1 Å². The summed E-state index contributed by atoms with van der Waals surface area (Å²) in [6, 6.07) is 6.53. The molecule has 0 spiro atoms. The van der Waals surface area contributed by atoms with Crippen molar-refractivity contribution in [3.8, 4) is 5.75 Å². The van der Waals surface area contributed by atoms with Gasteiger partial charge in [-0.05, 0) is 37.5 Å². The summed E-state index contributed by atoms with van der Waals surface area (Å²) in [5.74, 6) is 1.18. The molecule has 0 saturated heterocycles. The molecule has 26 heavy (non-hydrogen) atoms. The number of hydrogen-bond acceptors (Lipinski definition) is 3. The average Bonchev–Trinajstić information content (AvgIpc) is 3.43. The molecular formula is C18H26F2N4O2. The van der Waals surface area contributed by atoms with Crippen LogP contribution in [0, 0.1) is 5.92 Å². The summed E-state index contributed by atoms with van der Waals surface area (Å²) in [6.45, 7) is 1.45. The zero-order chi connectivity index (χ0) is 18.9. The van der Waals surface area contributed by atoms with Crippen molar-refractivity contribution < 1.29 is 18.3 Å². The van der Waals surface area contributed by atoms with Crippen LogP contribution in [0.1, 0.15) is 25.3 Å². The van der Waals surface area contributed by atoms with Crippen molar-refractivity contribution in [2.75, 3.05) is 26.7 Å². The van der Waals surface area contributed by atoms with Crippen LogP contribution >= 0.6 is 0 Å². The maximum Gasteiger partial charge on any atom is 0.387 e. The molecule has 0 aromatic heterocycles. The Kier molecular flexibility index (Phi) is 7.62. The molecule has 1 fully saturated rings. The lowest BCUT2D eigenvalue weighted by atomic mass is 10.2. The quantitative estimate of drug-likeness (QED) is 0.398. The van der Waals surface area contributed by atoms with E-state index in [1.807, 2.05) is 18.9 Å². The van der Waals surface area contributed by atoms with E-state index in [-0.39, 0.29) is 17.6 Å². The minimum Gasteiger partial charge on any atom is -0.435 e. The van der Waals surface area contributed by atoms with Crippen molar-refractivity contribution in [2.24, 2.45) is 10.9 Å². The molecule has 1 aromatic carbocycles. The fourth-order valence-corrected chi connectivity index (χ4v) is 2.43. The van der Waals surface area contributed by atoms with Gasteiger partial charge in [-0.2, -0.15) is 8.78 Å². The molecule has 1 saturated carbocycles. The highest BCUT2D eigenvalue weighted by Gasteiger charge is 2.28. The molecule has 1 amide bonds. The molecule has 0 bridgehead atoms. The summed E-state index contributed by atoms with van der Waals surface area (Å²) in [5.41, 5.74) is 0.946. The van der Waals surface area contributed by atoms with Crippen molar-refractivity contribution in [3.63, 3.8) is 0 Å². The highest BCUT2D eigenvalue weighted by atomic mass is 19.3. The van der Waals surface area contributed by atoms with Crippen LogP contribution in [-0.2, 0) is 11.3 Å². The first kappa shape index (κ1) is 19.9. The van der Waals surface area contributed by atoms with E-state index in [1.165, 1.54) is 12.1 Å². The third-order valence-electron chi connectivity index (χ3n) is 3.89. The number of alkyl halides is 2. The monoisotopic (exact) mass is 368 g/mol. The second-order valence-electron chi connectivity index (χ2n) is 6.18. The van der Waals surface area contributed by atoms with Crippen LogP contribution in [0.15, 0.2) is 29.3 Å². The zero-order valence-corrected chi connectivity index (χ0v) is 15.2. The summed E-state index contributed by atoms with van der Waals surface area (Å²) in [5, 5.41) is 6.09. The number of rotatable bonds is 9. The van der Waals surface area contributed by atoms with Crippen molar-refractivity contribution in [3.05, 3.63) is 29.8 Å². The first-order valence-electron chi connectivity index (χ1n) is 8.80. The highest BCUT2D eigenvalue weighted by molar-refractivity contribution is 5.81. The van der Waals surface area contributed by atoms with Crippen molar-refractivity contribution >= 4 is 11.9 Å². The molecular weight excluding hydrogens is 342 g/mol. The maximum absolute atomic E-state index is 12.2. The number of ether oxygens (including phenoxy) is 1. The summed E-state index contributed by atoms with van der Waals surface area (Å²) in [4.78, 5) is 18.1. The summed E-state index contributed by atoms with van der Waals surface area (Å²) in [6.07, 6.45) is 1.98. The Hall–Kier alpha value is -2.38. The van der Waals surface area contributed by atoms with Gasteiger partial charge in [-0.3, -0.25) is 9.79 Å². The Balaban J connectivity index is 1.84. The van der Waals surface area contributed by atoms with Crippen LogP contribution in [0.25, 0.3) is 0 Å². The van der Waals surface area contributed by atoms with E-state index in [0.717, 1.165) is 30.9 Å².